The smallest absolute Gasteiger partial charge is 0.416 e. The molecule has 30 heavy (non-hydrogen) atoms. The lowest BCUT2D eigenvalue weighted by molar-refractivity contribution is -0.168. The molecule has 1 heterocycles. The number of aldehydes is 1. The van der Waals surface area contributed by atoms with Gasteiger partial charge >= 0.3 is 12.4 Å². The van der Waals surface area contributed by atoms with Gasteiger partial charge in [-0.25, -0.2) is 0 Å². The molecule has 162 valence electrons. The Hall–Kier alpha value is -2.42. The number of hydrogen-bond donors (Lipinski definition) is 0. The maximum Gasteiger partial charge on any atom is 0.416 e. The molecule has 1 aliphatic heterocycles. The minimum absolute atomic E-state index is 0.00885. The fourth-order valence-electron chi connectivity index (χ4n) is 3.40. The first-order valence-electron chi connectivity index (χ1n) is 8.90. The van der Waals surface area contributed by atoms with E-state index in [1.165, 1.54) is 29.2 Å². The van der Waals surface area contributed by atoms with E-state index >= 15 is 0 Å². The van der Waals surface area contributed by atoms with Crippen LogP contribution < -0.4 is 9.64 Å². The number of ether oxygens (including phenoxy) is 1. The van der Waals surface area contributed by atoms with Crippen LogP contribution in [-0.4, -0.2) is 25.0 Å². The predicted molar refractivity (Wildman–Crippen MR) is 98.9 cm³/mol. The highest BCUT2D eigenvalue weighted by Gasteiger charge is 2.47. The van der Waals surface area contributed by atoms with Crippen molar-refractivity contribution in [3.05, 3.63) is 53.1 Å². The quantitative estimate of drug-likeness (QED) is 0.384. The first kappa shape index (κ1) is 22.3. The van der Waals surface area contributed by atoms with E-state index in [1.807, 2.05) is 0 Å². The van der Waals surface area contributed by atoms with Crippen molar-refractivity contribution in [2.75, 3.05) is 11.4 Å². The molecule has 1 aliphatic rings. The second-order valence-corrected chi connectivity index (χ2v) is 7.33. The zero-order valence-electron chi connectivity index (χ0n) is 15.3. The van der Waals surface area contributed by atoms with Gasteiger partial charge in [-0.15, -0.1) is 0 Å². The van der Waals surface area contributed by atoms with Gasteiger partial charge in [0.05, 0.1) is 16.5 Å². The second-order valence-electron chi connectivity index (χ2n) is 6.92. The zero-order chi connectivity index (χ0) is 22.1. The molecule has 3 nitrogen and oxygen atoms in total. The summed E-state index contributed by atoms with van der Waals surface area (Å²) in [7, 11) is 0. The molecule has 3 rings (SSSR count). The third-order valence-electron chi connectivity index (χ3n) is 4.90. The monoisotopic (exact) mass is 451 g/mol. The molecule has 10 heteroatoms. The van der Waals surface area contributed by atoms with Crippen LogP contribution >= 0.6 is 11.6 Å². The Bertz CT molecular complexity index is 898. The van der Waals surface area contributed by atoms with Crippen molar-refractivity contribution in [1.29, 1.82) is 0 Å². The van der Waals surface area contributed by atoms with E-state index in [9.17, 15) is 31.1 Å². The molecule has 0 bridgehead atoms. The van der Waals surface area contributed by atoms with Crippen molar-refractivity contribution in [2.24, 2.45) is 5.92 Å². The van der Waals surface area contributed by atoms with Gasteiger partial charge in [-0.05, 0) is 48.9 Å². The Balaban J connectivity index is 1.75. The fourth-order valence-corrected chi connectivity index (χ4v) is 3.62. The molecule has 0 N–H and O–H groups in total. The van der Waals surface area contributed by atoms with Gasteiger partial charge in [-0.3, -0.25) is 0 Å². The summed E-state index contributed by atoms with van der Waals surface area (Å²) in [5.74, 6) is -1.27. The maximum atomic E-state index is 13.1. The van der Waals surface area contributed by atoms with Crippen molar-refractivity contribution < 1.29 is 35.9 Å². The van der Waals surface area contributed by atoms with Gasteiger partial charge in [0.2, 0.25) is 0 Å². The summed E-state index contributed by atoms with van der Waals surface area (Å²) in [4.78, 5) is 12.4. The molecule has 0 spiro atoms. The molecule has 2 atom stereocenters. The summed E-state index contributed by atoms with van der Waals surface area (Å²) >= 11 is 5.86. The first-order valence-corrected chi connectivity index (χ1v) is 9.28. The summed E-state index contributed by atoms with van der Waals surface area (Å²) in [6, 6.07) is 8.12. The predicted octanol–water partition coefficient (Wildman–Crippen LogP) is 6.50. The largest absolute Gasteiger partial charge is 0.456 e. The average molecular weight is 452 g/mol. The van der Waals surface area contributed by atoms with Gasteiger partial charge in [0, 0.05) is 24.7 Å². The van der Waals surface area contributed by atoms with E-state index < -0.39 is 29.9 Å². The van der Waals surface area contributed by atoms with E-state index in [-0.39, 0.29) is 35.9 Å². The molecule has 0 radical (unpaired) electrons. The third-order valence-corrected chi connectivity index (χ3v) is 5.20. The number of rotatable bonds is 5. The van der Waals surface area contributed by atoms with Crippen molar-refractivity contribution >= 4 is 23.6 Å². The number of carbonyl (C=O) groups excluding carboxylic acids is 1. The molecule has 2 aromatic rings. The van der Waals surface area contributed by atoms with E-state index in [0.717, 1.165) is 18.2 Å². The maximum absolute atomic E-state index is 13.1. The van der Waals surface area contributed by atoms with Gasteiger partial charge in [-0.2, -0.15) is 26.3 Å². The molecule has 1 fully saturated rings. The van der Waals surface area contributed by atoms with E-state index in [4.69, 9.17) is 16.3 Å². The number of carbonyl (C=O) groups is 1. The summed E-state index contributed by atoms with van der Waals surface area (Å²) in [5.41, 5.74) is -0.427. The van der Waals surface area contributed by atoms with Crippen molar-refractivity contribution in [3.63, 3.8) is 0 Å². The van der Waals surface area contributed by atoms with Crippen LogP contribution in [0.4, 0.5) is 32.0 Å². The van der Waals surface area contributed by atoms with Crippen LogP contribution in [0.2, 0.25) is 5.02 Å². The first-order chi connectivity index (χ1) is 14.0. The number of benzene rings is 2. The minimum atomic E-state index is -4.54. The van der Waals surface area contributed by atoms with Crippen molar-refractivity contribution in [2.45, 2.75) is 31.2 Å². The van der Waals surface area contributed by atoms with E-state index in [0.29, 0.717) is 12.0 Å². The molecule has 0 aliphatic carbocycles. The second kappa shape index (κ2) is 8.37. The lowest BCUT2D eigenvalue weighted by Crippen LogP contribution is -2.30. The highest BCUT2D eigenvalue weighted by Crippen LogP contribution is 2.40. The van der Waals surface area contributed by atoms with Crippen LogP contribution in [0.1, 0.15) is 18.4 Å². The molecule has 0 amide bonds. The van der Waals surface area contributed by atoms with Gasteiger partial charge < -0.3 is 14.4 Å². The van der Waals surface area contributed by atoms with E-state index in [2.05, 4.69) is 0 Å². The van der Waals surface area contributed by atoms with Crippen molar-refractivity contribution in [3.8, 4) is 11.5 Å². The highest BCUT2D eigenvalue weighted by molar-refractivity contribution is 6.32. The molecular weight excluding hydrogens is 436 g/mol. The van der Waals surface area contributed by atoms with Crippen LogP contribution in [0, 0.1) is 5.92 Å². The lowest BCUT2D eigenvalue weighted by Gasteiger charge is -2.25. The fraction of sp³-hybridized carbons (Fsp3) is 0.350. The Kier molecular flexibility index (Phi) is 6.21. The molecule has 0 saturated carbocycles. The van der Waals surface area contributed by atoms with Gasteiger partial charge in [0.15, 0.2) is 0 Å². The average Bonchev–Trinajstić information content (AvgIpc) is 3.08. The number of halogens is 7. The Morgan fingerprint density at radius 2 is 1.73 bits per heavy atom. The standard InChI is InChI=1S/C20H16ClF6NO2/c21-17-10-12(19(22,23)24)1-6-18(17)30-16-4-2-14(3-5-16)28-11-13(20(25,26)27)9-15(28)7-8-29/h1-6,8,10,13,15H,7,9,11H2. The summed E-state index contributed by atoms with van der Waals surface area (Å²) in [6.45, 7) is -0.257. The normalized spacial score (nSPS) is 19.8. The highest BCUT2D eigenvalue weighted by atomic mass is 35.5. The van der Waals surface area contributed by atoms with Crippen LogP contribution in [0.5, 0.6) is 11.5 Å². The van der Waals surface area contributed by atoms with Crippen LogP contribution in [0.25, 0.3) is 0 Å². The summed E-state index contributed by atoms with van der Waals surface area (Å²) in [6.07, 6.45) is -8.47. The van der Waals surface area contributed by atoms with Gasteiger partial charge in [-0.1, -0.05) is 11.6 Å². The molecule has 2 aromatic carbocycles. The molecular formula is C20H16ClF6NO2. The minimum Gasteiger partial charge on any atom is -0.456 e. The molecule has 2 unspecified atom stereocenters. The number of nitrogens with zero attached hydrogens (tertiary/aromatic N) is 1. The zero-order valence-corrected chi connectivity index (χ0v) is 16.1. The van der Waals surface area contributed by atoms with Crippen molar-refractivity contribution in [1.82, 2.24) is 0 Å². The van der Waals surface area contributed by atoms with Gasteiger partial charge in [0.25, 0.3) is 0 Å². The van der Waals surface area contributed by atoms with Gasteiger partial charge in [0.1, 0.15) is 17.8 Å². The number of alkyl halides is 6. The Morgan fingerprint density at radius 1 is 1.07 bits per heavy atom. The lowest BCUT2D eigenvalue weighted by atomic mass is 10.0. The Morgan fingerprint density at radius 3 is 2.27 bits per heavy atom. The molecule has 1 saturated heterocycles. The van der Waals surface area contributed by atoms with Crippen LogP contribution in [-0.2, 0) is 11.0 Å². The Labute approximate surface area is 173 Å². The topological polar surface area (TPSA) is 29.5 Å². The number of hydrogen-bond acceptors (Lipinski definition) is 3. The van der Waals surface area contributed by atoms with Crippen LogP contribution in [0.3, 0.4) is 0 Å². The summed E-state index contributed by atoms with van der Waals surface area (Å²) < 4.78 is 82.9. The SMILES string of the molecule is O=CCC1CC(C(F)(F)F)CN1c1ccc(Oc2ccc(C(F)(F)F)cc2Cl)cc1. The molecule has 0 aromatic heterocycles. The van der Waals surface area contributed by atoms with Crippen LogP contribution in [0.15, 0.2) is 42.5 Å². The third kappa shape index (κ3) is 5.00. The van der Waals surface area contributed by atoms with E-state index in [1.54, 1.807) is 0 Å². The number of anilines is 1. The summed E-state index contributed by atoms with van der Waals surface area (Å²) in [5, 5.41) is -0.229.